The molecular formula is C15H20ClFO2. The number of ether oxygens (including phenoxy) is 1. The lowest BCUT2D eigenvalue weighted by Crippen LogP contribution is -2.32. The van der Waals surface area contributed by atoms with E-state index in [1.165, 1.54) is 6.07 Å². The van der Waals surface area contributed by atoms with Gasteiger partial charge in [-0.15, -0.1) is 0 Å². The lowest BCUT2D eigenvalue weighted by molar-refractivity contribution is 0.0237. The minimum Gasteiger partial charge on any atom is -0.392 e. The first-order valence-corrected chi connectivity index (χ1v) is 7.05. The van der Waals surface area contributed by atoms with Gasteiger partial charge >= 0.3 is 0 Å². The van der Waals surface area contributed by atoms with Gasteiger partial charge in [0, 0.05) is 17.4 Å². The average molecular weight is 287 g/mol. The van der Waals surface area contributed by atoms with Gasteiger partial charge in [-0.05, 0) is 37.5 Å². The van der Waals surface area contributed by atoms with Crippen molar-refractivity contribution in [1.29, 1.82) is 0 Å². The van der Waals surface area contributed by atoms with E-state index >= 15 is 0 Å². The summed E-state index contributed by atoms with van der Waals surface area (Å²) in [7, 11) is 0. The van der Waals surface area contributed by atoms with E-state index in [0.29, 0.717) is 17.0 Å². The molecule has 1 aliphatic heterocycles. The predicted molar refractivity (Wildman–Crippen MR) is 73.8 cm³/mol. The van der Waals surface area contributed by atoms with Crippen LogP contribution in [0, 0.1) is 17.7 Å². The Labute approximate surface area is 118 Å². The zero-order valence-corrected chi connectivity index (χ0v) is 12.2. The Morgan fingerprint density at radius 3 is 2.53 bits per heavy atom. The molecule has 0 radical (unpaired) electrons. The highest BCUT2D eigenvalue weighted by atomic mass is 35.5. The molecule has 0 amide bonds. The van der Waals surface area contributed by atoms with E-state index in [2.05, 4.69) is 6.92 Å². The number of halogens is 2. The van der Waals surface area contributed by atoms with Crippen LogP contribution in [0.25, 0.3) is 0 Å². The molecule has 1 fully saturated rings. The zero-order valence-electron chi connectivity index (χ0n) is 11.4. The van der Waals surface area contributed by atoms with E-state index in [4.69, 9.17) is 16.3 Å². The molecule has 0 aromatic heterocycles. The summed E-state index contributed by atoms with van der Waals surface area (Å²) in [4.78, 5) is 0. The van der Waals surface area contributed by atoms with Gasteiger partial charge in [0.05, 0.1) is 18.3 Å². The summed E-state index contributed by atoms with van der Waals surface area (Å²) in [6.45, 7) is 6.04. The fraction of sp³-hybridized carbons (Fsp3) is 0.600. The molecule has 2 nitrogen and oxygen atoms in total. The summed E-state index contributed by atoms with van der Waals surface area (Å²) in [5.74, 6) is -0.0655. The molecule has 1 heterocycles. The fourth-order valence-corrected chi connectivity index (χ4v) is 3.16. The molecule has 1 aliphatic rings. The third-order valence-corrected chi connectivity index (χ3v) is 4.44. The summed E-state index contributed by atoms with van der Waals surface area (Å²) in [6.07, 6.45) is -0.191. The Hall–Kier alpha value is -0.640. The second-order valence-electron chi connectivity index (χ2n) is 5.49. The summed E-state index contributed by atoms with van der Waals surface area (Å²) >= 11 is 5.72. The van der Waals surface area contributed by atoms with Gasteiger partial charge in [0.1, 0.15) is 5.82 Å². The van der Waals surface area contributed by atoms with Gasteiger partial charge in [-0.1, -0.05) is 24.6 Å². The number of aliphatic hydroxyl groups is 1. The van der Waals surface area contributed by atoms with Crippen LogP contribution in [0.1, 0.15) is 26.3 Å². The molecule has 1 saturated heterocycles. The van der Waals surface area contributed by atoms with Crippen LogP contribution in [0.15, 0.2) is 18.2 Å². The Kier molecular flexibility index (Phi) is 4.49. The Morgan fingerprint density at radius 2 is 2.00 bits per heavy atom. The molecule has 106 valence electrons. The van der Waals surface area contributed by atoms with Crippen LogP contribution in [0.3, 0.4) is 0 Å². The van der Waals surface area contributed by atoms with Crippen molar-refractivity contribution in [1.82, 2.24) is 0 Å². The Morgan fingerprint density at radius 1 is 1.32 bits per heavy atom. The second-order valence-corrected chi connectivity index (χ2v) is 5.93. The standard InChI is InChI=1S/C15H20ClFO2/c1-8-9(2)19-10(3)15(8)14(18)6-11-4-5-12(16)7-13(11)17/h4-5,7-10,14-15,18H,6H2,1-3H3. The van der Waals surface area contributed by atoms with Crippen LogP contribution in [0.2, 0.25) is 5.02 Å². The van der Waals surface area contributed by atoms with Gasteiger partial charge in [-0.3, -0.25) is 0 Å². The van der Waals surface area contributed by atoms with E-state index in [9.17, 15) is 9.50 Å². The van der Waals surface area contributed by atoms with Crippen LogP contribution in [0.4, 0.5) is 4.39 Å². The number of aliphatic hydroxyl groups excluding tert-OH is 1. The summed E-state index contributed by atoms with van der Waals surface area (Å²) in [6, 6.07) is 4.56. The van der Waals surface area contributed by atoms with Crippen molar-refractivity contribution in [3.8, 4) is 0 Å². The highest BCUT2D eigenvalue weighted by Gasteiger charge is 2.41. The Balaban J connectivity index is 2.10. The van der Waals surface area contributed by atoms with Gasteiger partial charge < -0.3 is 9.84 Å². The highest BCUT2D eigenvalue weighted by molar-refractivity contribution is 6.30. The quantitative estimate of drug-likeness (QED) is 0.922. The van der Waals surface area contributed by atoms with E-state index in [1.54, 1.807) is 12.1 Å². The van der Waals surface area contributed by atoms with Crippen molar-refractivity contribution >= 4 is 11.6 Å². The van der Waals surface area contributed by atoms with Crippen molar-refractivity contribution in [3.63, 3.8) is 0 Å². The smallest absolute Gasteiger partial charge is 0.127 e. The van der Waals surface area contributed by atoms with Gasteiger partial charge in [0.15, 0.2) is 0 Å². The first kappa shape index (κ1) is 14.8. The molecule has 0 bridgehead atoms. The molecule has 1 N–H and O–H groups in total. The molecule has 1 aromatic carbocycles. The number of hydrogen-bond donors (Lipinski definition) is 1. The minimum atomic E-state index is -0.606. The van der Waals surface area contributed by atoms with Gasteiger partial charge in [-0.2, -0.15) is 0 Å². The molecular weight excluding hydrogens is 267 g/mol. The highest BCUT2D eigenvalue weighted by Crippen LogP contribution is 2.35. The third-order valence-electron chi connectivity index (χ3n) is 4.21. The topological polar surface area (TPSA) is 29.5 Å². The molecule has 0 aliphatic carbocycles. The summed E-state index contributed by atoms with van der Waals surface area (Å²) < 4.78 is 19.5. The molecule has 2 rings (SSSR count). The maximum Gasteiger partial charge on any atom is 0.127 e. The van der Waals surface area contributed by atoms with Crippen molar-refractivity contribution in [2.75, 3.05) is 0 Å². The molecule has 5 atom stereocenters. The summed E-state index contributed by atoms with van der Waals surface area (Å²) in [5.41, 5.74) is 0.496. The van der Waals surface area contributed by atoms with Gasteiger partial charge in [-0.25, -0.2) is 4.39 Å². The van der Waals surface area contributed by atoms with Gasteiger partial charge in [0.2, 0.25) is 0 Å². The van der Waals surface area contributed by atoms with Crippen molar-refractivity contribution in [3.05, 3.63) is 34.6 Å². The van der Waals surface area contributed by atoms with Crippen LogP contribution in [-0.2, 0) is 11.2 Å². The van der Waals surface area contributed by atoms with Crippen LogP contribution in [0.5, 0.6) is 0 Å². The average Bonchev–Trinajstić information content (AvgIpc) is 2.57. The number of hydrogen-bond acceptors (Lipinski definition) is 2. The third kappa shape index (κ3) is 3.10. The molecule has 4 heteroatoms. The normalized spacial score (nSPS) is 32.5. The van der Waals surface area contributed by atoms with Crippen molar-refractivity contribution in [2.45, 2.75) is 45.5 Å². The molecule has 19 heavy (non-hydrogen) atoms. The monoisotopic (exact) mass is 286 g/mol. The van der Waals surface area contributed by atoms with Crippen LogP contribution in [-0.4, -0.2) is 23.4 Å². The molecule has 5 unspecified atom stereocenters. The van der Waals surface area contributed by atoms with E-state index in [-0.39, 0.29) is 29.9 Å². The first-order valence-electron chi connectivity index (χ1n) is 6.67. The number of rotatable bonds is 3. The van der Waals surface area contributed by atoms with Gasteiger partial charge in [0.25, 0.3) is 0 Å². The minimum absolute atomic E-state index is 0.00429. The maximum absolute atomic E-state index is 13.7. The van der Waals surface area contributed by atoms with Crippen molar-refractivity contribution < 1.29 is 14.2 Å². The van der Waals surface area contributed by atoms with E-state index in [1.807, 2.05) is 13.8 Å². The van der Waals surface area contributed by atoms with E-state index in [0.717, 1.165) is 0 Å². The summed E-state index contributed by atoms with van der Waals surface area (Å²) in [5, 5.41) is 10.7. The van der Waals surface area contributed by atoms with E-state index < -0.39 is 6.10 Å². The molecule has 1 aromatic rings. The second kappa shape index (κ2) is 5.78. The lowest BCUT2D eigenvalue weighted by Gasteiger charge is -2.24. The maximum atomic E-state index is 13.7. The first-order chi connectivity index (χ1) is 8.90. The zero-order chi connectivity index (χ0) is 14.2. The number of benzene rings is 1. The van der Waals surface area contributed by atoms with Crippen LogP contribution >= 0.6 is 11.6 Å². The predicted octanol–water partition coefficient (Wildman–Crippen LogP) is 3.44. The molecule has 0 spiro atoms. The fourth-order valence-electron chi connectivity index (χ4n) is 3.01. The largest absolute Gasteiger partial charge is 0.392 e. The van der Waals surface area contributed by atoms with Crippen molar-refractivity contribution in [2.24, 2.45) is 11.8 Å². The lowest BCUT2D eigenvalue weighted by atomic mass is 9.82. The SMILES string of the molecule is CC1OC(C)C(C(O)Cc2ccc(Cl)cc2F)C1C. The molecule has 0 saturated carbocycles. The Bertz CT molecular complexity index is 452. The van der Waals surface area contributed by atoms with Crippen LogP contribution < -0.4 is 0 Å².